The molecule has 0 aromatic heterocycles. The molecule has 20 heavy (non-hydrogen) atoms. The van der Waals surface area contributed by atoms with E-state index in [1.165, 1.54) is 0 Å². The highest BCUT2D eigenvalue weighted by Crippen LogP contribution is 2.35. The molecule has 1 atom stereocenters. The van der Waals surface area contributed by atoms with Gasteiger partial charge in [-0.25, -0.2) is 0 Å². The van der Waals surface area contributed by atoms with Crippen LogP contribution in [0, 0.1) is 5.41 Å². The van der Waals surface area contributed by atoms with Crippen LogP contribution >= 0.6 is 23.2 Å². The normalized spacial score (nSPS) is 22.6. The molecule has 110 valence electrons. The number of anilines is 1. The summed E-state index contributed by atoms with van der Waals surface area (Å²) in [5.74, 6) is 0.0377. The Morgan fingerprint density at radius 3 is 2.90 bits per heavy atom. The molecule has 1 amide bonds. The van der Waals surface area contributed by atoms with Crippen LogP contribution in [0.4, 0.5) is 5.69 Å². The minimum atomic E-state index is -0.335. The highest BCUT2D eigenvalue weighted by Gasteiger charge is 2.38. The zero-order valence-electron chi connectivity index (χ0n) is 11.6. The molecule has 0 saturated carbocycles. The van der Waals surface area contributed by atoms with Gasteiger partial charge in [-0.15, -0.1) is 0 Å². The molecule has 0 spiro atoms. The van der Waals surface area contributed by atoms with E-state index in [-0.39, 0.29) is 11.3 Å². The smallest absolute Gasteiger partial charge is 0.231 e. The molecule has 0 aliphatic carbocycles. The van der Waals surface area contributed by atoms with Crippen molar-refractivity contribution < 1.29 is 4.79 Å². The molecule has 2 N–H and O–H groups in total. The minimum absolute atomic E-state index is 0.0377. The van der Waals surface area contributed by atoms with Crippen molar-refractivity contribution in [3.05, 3.63) is 28.2 Å². The van der Waals surface area contributed by atoms with E-state index < -0.39 is 0 Å². The fourth-order valence-electron chi connectivity index (χ4n) is 2.82. The molecule has 0 radical (unpaired) electrons. The first-order valence-corrected chi connectivity index (χ1v) is 7.81. The second-order valence-corrected chi connectivity index (χ2v) is 6.15. The predicted molar refractivity (Wildman–Crippen MR) is 84.5 cm³/mol. The molecule has 1 aromatic rings. The number of hydrogen-bond acceptors (Lipinski definition) is 2. The van der Waals surface area contributed by atoms with Crippen LogP contribution < -0.4 is 10.6 Å². The van der Waals surface area contributed by atoms with E-state index in [9.17, 15) is 4.79 Å². The Labute approximate surface area is 130 Å². The second-order valence-electron chi connectivity index (χ2n) is 5.37. The third kappa shape index (κ3) is 3.27. The molecular weight excluding hydrogens is 295 g/mol. The van der Waals surface area contributed by atoms with Crippen molar-refractivity contribution in [3.63, 3.8) is 0 Å². The summed E-state index contributed by atoms with van der Waals surface area (Å²) in [5.41, 5.74) is 0.253. The van der Waals surface area contributed by atoms with Crippen LogP contribution in [-0.4, -0.2) is 19.0 Å². The maximum Gasteiger partial charge on any atom is 0.231 e. The van der Waals surface area contributed by atoms with E-state index in [4.69, 9.17) is 23.2 Å². The van der Waals surface area contributed by atoms with Gasteiger partial charge in [0.1, 0.15) is 0 Å². The topological polar surface area (TPSA) is 41.1 Å². The quantitative estimate of drug-likeness (QED) is 0.878. The summed E-state index contributed by atoms with van der Waals surface area (Å²) in [5, 5.41) is 7.14. The number of carbonyl (C=O) groups is 1. The number of carbonyl (C=O) groups excluding carboxylic acids is 1. The molecule has 1 fully saturated rings. The molecule has 1 aromatic carbocycles. The number of piperidine rings is 1. The molecule has 1 aliphatic heterocycles. The average molecular weight is 315 g/mol. The van der Waals surface area contributed by atoms with Crippen molar-refractivity contribution in [2.75, 3.05) is 18.4 Å². The summed E-state index contributed by atoms with van der Waals surface area (Å²) in [6.45, 7) is 3.82. The molecule has 5 heteroatoms. The molecule has 2 rings (SSSR count). The van der Waals surface area contributed by atoms with Gasteiger partial charge in [-0.05, 0) is 37.9 Å². The Bertz CT molecular complexity index is 479. The van der Waals surface area contributed by atoms with Crippen LogP contribution in [-0.2, 0) is 4.79 Å². The third-order valence-electron chi connectivity index (χ3n) is 3.88. The van der Waals surface area contributed by atoms with Crippen LogP contribution in [0.15, 0.2) is 18.2 Å². The van der Waals surface area contributed by atoms with Gasteiger partial charge in [-0.1, -0.05) is 42.6 Å². The Kier molecular flexibility index (Phi) is 5.30. The standard InChI is InChI=1S/C15H20Cl2N2O/c1-2-7-15(8-4-9-18-10-15)14(20)19-12-6-3-5-11(16)13(12)17/h3,5-6,18H,2,4,7-10H2,1H3,(H,19,20). The van der Waals surface area contributed by atoms with Crippen LogP contribution in [0.1, 0.15) is 32.6 Å². The predicted octanol–water partition coefficient (Wildman–Crippen LogP) is 4.10. The van der Waals surface area contributed by atoms with Gasteiger partial charge in [0.25, 0.3) is 0 Å². The van der Waals surface area contributed by atoms with Crippen molar-refractivity contribution in [2.24, 2.45) is 5.41 Å². The summed E-state index contributed by atoms with van der Waals surface area (Å²) in [6, 6.07) is 5.28. The molecule has 1 unspecified atom stereocenters. The average Bonchev–Trinajstić information content (AvgIpc) is 2.45. The van der Waals surface area contributed by atoms with E-state index in [1.54, 1.807) is 18.2 Å². The number of rotatable bonds is 4. The van der Waals surface area contributed by atoms with E-state index >= 15 is 0 Å². The Hall–Kier alpha value is -0.770. The molecule has 1 heterocycles. The van der Waals surface area contributed by atoms with E-state index in [1.807, 2.05) is 0 Å². The van der Waals surface area contributed by atoms with Crippen LogP contribution in [0.25, 0.3) is 0 Å². The lowest BCUT2D eigenvalue weighted by Gasteiger charge is -2.36. The van der Waals surface area contributed by atoms with Gasteiger partial charge in [0.2, 0.25) is 5.91 Å². The lowest BCUT2D eigenvalue weighted by atomic mass is 9.76. The maximum absolute atomic E-state index is 12.7. The van der Waals surface area contributed by atoms with Crippen LogP contribution in [0.2, 0.25) is 10.0 Å². The van der Waals surface area contributed by atoms with Crippen LogP contribution in [0.3, 0.4) is 0 Å². The minimum Gasteiger partial charge on any atom is -0.324 e. The third-order valence-corrected chi connectivity index (χ3v) is 4.70. The van der Waals surface area contributed by atoms with E-state index in [2.05, 4.69) is 17.6 Å². The summed E-state index contributed by atoms with van der Waals surface area (Å²) in [4.78, 5) is 12.7. The lowest BCUT2D eigenvalue weighted by molar-refractivity contribution is -0.127. The second kappa shape index (κ2) is 6.79. The molecular formula is C15H20Cl2N2O. The van der Waals surface area contributed by atoms with Gasteiger partial charge in [0, 0.05) is 6.54 Å². The first kappa shape index (κ1) is 15.6. The Balaban J connectivity index is 2.18. The molecule has 1 saturated heterocycles. The molecule has 0 bridgehead atoms. The highest BCUT2D eigenvalue weighted by molar-refractivity contribution is 6.44. The van der Waals surface area contributed by atoms with Gasteiger partial charge < -0.3 is 10.6 Å². The van der Waals surface area contributed by atoms with Crippen molar-refractivity contribution >= 4 is 34.8 Å². The van der Waals surface area contributed by atoms with Crippen LogP contribution in [0.5, 0.6) is 0 Å². The van der Waals surface area contributed by atoms with Crippen molar-refractivity contribution in [2.45, 2.75) is 32.6 Å². The first-order valence-electron chi connectivity index (χ1n) is 7.05. The zero-order valence-corrected chi connectivity index (χ0v) is 13.2. The Morgan fingerprint density at radius 1 is 1.45 bits per heavy atom. The first-order chi connectivity index (χ1) is 9.59. The maximum atomic E-state index is 12.7. The van der Waals surface area contributed by atoms with Crippen molar-refractivity contribution in [1.82, 2.24) is 5.32 Å². The molecule has 1 aliphatic rings. The summed E-state index contributed by atoms with van der Waals surface area (Å²) >= 11 is 12.1. The van der Waals surface area contributed by atoms with Crippen molar-refractivity contribution in [3.8, 4) is 0 Å². The zero-order chi connectivity index (χ0) is 14.6. The number of halogens is 2. The number of benzene rings is 1. The summed E-state index contributed by atoms with van der Waals surface area (Å²) < 4.78 is 0. The van der Waals surface area contributed by atoms with Gasteiger partial charge in [-0.3, -0.25) is 4.79 Å². The lowest BCUT2D eigenvalue weighted by Crippen LogP contribution is -2.48. The van der Waals surface area contributed by atoms with Crippen molar-refractivity contribution in [1.29, 1.82) is 0 Å². The largest absolute Gasteiger partial charge is 0.324 e. The highest BCUT2D eigenvalue weighted by atomic mass is 35.5. The SMILES string of the molecule is CCCC1(C(=O)Nc2cccc(Cl)c2Cl)CCCNC1. The van der Waals surface area contributed by atoms with Gasteiger partial charge in [0.15, 0.2) is 0 Å². The van der Waals surface area contributed by atoms with E-state index in [0.29, 0.717) is 15.7 Å². The molecule has 3 nitrogen and oxygen atoms in total. The van der Waals surface area contributed by atoms with Gasteiger partial charge >= 0.3 is 0 Å². The summed E-state index contributed by atoms with van der Waals surface area (Å²) in [7, 11) is 0. The fraction of sp³-hybridized carbons (Fsp3) is 0.533. The van der Waals surface area contributed by atoms with Gasteiger partial charge in [-0.2, -0.15) is 0 Å². The number of hydrogen-bond donors (Lipinski definition) is 2. The number of amides is 1. The summed E-state index contributed by atoms with van der Waals surface area (Å²) in [6.07, 6.45) is 3.80. The Morgan fingerprint density at radius 2 is 2.25 bits per heavy atom. The fourth-order valence-corrected chi connectivity index (χ4v) is 3.17. The monoisotopic (exact) mass is 314 g/mol. The van der Waals surface area contributed by atoms with Gasteiger partial charge in [0.05, 0.1) is 21.1 Å². The number of nitrogens with one attached hydrogen (secondary N) is 2. The van der Waals surface area contributed by atoms with E-state index in [0.717, 1.165) is 38.8 Å².